The molecule has 2 rings (SSSR count). The van der Waals surface area contributed by atoms with Crippen molar-refractivity contribution in [2.45, 2.75) is 19.9 Å². The molecule has 0 bridgehead atoms. The molecule has 5 heteroatoms. The Morgan fingerprint density at radius 3 is 2.65 bits per heavy atom. The van der Waals surface area contributed by atoms with Crippen LogP contribution in [0.1, 0.15) is 24.2 Å². The number of halogens is 1. The highest BCUT2D eigenvalue weighted by atomic mass is 19.1. The highest BCUT2D eigenvalue weighted by Crippen LogP contribution is 2.19. The molecule has 2 heterocycles. The lowest BCUT2D eigenvalue weighted by atomic mass is 10.1. The third-order valence-corrected chi connectivity index (χ3v) is 2.52. The Kier molecular flexibility index (Phi) is 3.27. The highest BCUT2D eigenvalue weighted by Gasteiger charge is 2.11. The molecule has 17 heavy (non-hydrogen) atoms. The Balaban J connectivity index is 2.19. The molecule has 0 radical (unpaired) electrons. The maximum Gasteiger partial charge on any atom is 0.186 e. The van der Waals surface area contributed by atoms with Gasteiger partial charge in [-0.1, -0.05) is 0 Å². The van der Waals surface area contributed by atoms with E-state index in [-0.39, 0.29) is 11.9 Å². The van der Waals surface area contributed by atoms with Crippen LogP contribution < -0.4 is 5.32 Å². The van der Waals surface area contributed by atoms with Crippen LogP contribution in [0, 0.1) is 12.7 Å². The lowest BCUT2D eigenvalue weighted by Crippen LogP contribution is -2.10. The topological polar surface area (TPSA) is 50.7 Å². The first-order chi connectivity index (χ1) is 8.18. The quantitative estimate of drug-likeness (QED) is 0.883. The Morgan fingerprint density at radius 1 is 1.24 bits per heavy atom. The van der Waals surface area contributed by atoms with Crippen LogP contribution in [0.15, 0.2) is 30.9 Å². The standard InChI is InChI=1S/C12H13FN4/c1-8(10-3-5-14-6-4-10)17-12-11(13)9(2)15-7-16-12/h3-8H,1-2H3,(H,15,16,17). The average Bonchev–Trinajstić information content (AvgIpc) is 2.36. The maximum absolute atomic E-state index is 13.7. The van der Waals surface area contributed by atoms with E-state index in [1.165, 1.54) is 6.33 Å². The Bertz CT molecular complexity index is 501. The molecule has 0 fully saturated rings. The fourth-order valence-corrected chi connectivity index (χ4v) is 1.50. The largest absolute Gasteiger partial charge is 0.361 e. The minimum Gasteiger partial charge on any atom is -0.361 e. The Hall–Kier alpha value is -2.04. The van der Waals surface area contributed by atoms with Gasteiger partial charge in [0, 0.05) is 12.4 Å². The molecule has 0 aromatic carbocycles. The molecule has 2 aromatic rings. The summed E-state index contributed by atoms with van der Waals surface area (Å²) in [6, 6.07) is 3.72. The van der Waals surface area contributed by atoms with Crippen molar-refractivity contribution in [3.05, 3.63) is 47.9 Å². The number of hydrogen-bond acceptors (Lipinski definition) is 4. The van der Waals surface area contributed by atoms with Gasteiger partial charge in [-0.15, -0.1) is 0 Å². The van der Waals surface area contributed by atoms with Gasteiger partial charge in [-0.2, -0.15) is 0 Å². The van der Waals surface area contributed by atoms with Gasteiger partial charge < -0.3 is 5.32 Å². The summed E-state index contributed by atoms with van der Waals surface area (Å²) in [5.74, 6) is -0.185. The highest BCUT2D eigenvalue weighted by molar-refractivity contribution is 5.39. The van der Waals surface area contributed by atoms with Gasteiger partial charge in [-0.25, -0.2) is 14.4 Å². The summed E-state index contributed by atoms with van der Waals surface area (Å²) in [7, 11) is 0. The third kappa shape index (κ3) is 2.55. The number of nitrogens with one attached hydrogen (secondary N) is 1. The van der Waals surface area contributed by atoms with Crippen LogP contribution in [0.25, 0.3) is 0 Å². The van der Waals surface area contributed by atoms with Crippen molar-refractivity contribution in [1.29, 1.82) is 0 Å². The fourth-order valence-electron chi connectivity index (χ4n) is 1.50. The summed E-state index contributed by atoms with van der Waals surface area (Å²) in [6.45, 7) is 3.55. The van der Waals surface area contributed by atoms with E-state index >= 15 is 0 Å². The molecular weight excluding hydrogens is 219 g/mol. The summed E-state index contributed by atoms with van der Waals surface area (Å²) in [4.78, 5) is 11.6. The SMILES string of the molecule is Cc1ncnc(NC(C)c2ccncc2)c1F. The number of nitrogens with zero attached hydrogens (tertiary/aromatic N) is 3. The van der Waals surface area contributed by atoms with Gasteiger partial charge in [-0.05, 0) is 31.5 Å². The summed E-state index contributed by atoms with van der Waals surface area (Å²) < 4.78 is 13.7. The molecule has 1 atom stereocenters. The molecule has 0 aliphatic rings. The van der Waals surface area contributed by atoms with Crippen LogP contribution >= 0.6 is 0 Å². The Morgan fingerprint density at radius 2 is 1.94 bits per heavy atom. The molecule has 0 spiro atoms. The second-order valence-corrected chi connectivity index (χ2v) is 3.77. The van der Waals surface area contributed by atoms with E-state index in [9.17, 15) is 4.39 Å². The van der Waals surface area contributed by atoms with Crippen LogP contribution in [0.4, 0.5) is 10.2 Å². The lowest BCUT2D eigenvalue weighted by molar-refractivity contribution is 0.602. The van der Waals surface area contributed by atoms with Gasteiger partial charge in [-0.3, -0.25) is 4.98 Å². The predicted molar refractivity (Wildman–Crippen MR) is 63.0 cm³/mol. The number of hydrogen-bond donors (Lipinski definition) is 1. The van der Waals surface area contributed by atoms with E-state index in [0.717, 1.165) is 5.56 Å². The van der Waals surface area contributed by atoms with E-state index in [0.29, 0.717) is 5.69 Å². The monoisotopic (exact) mass is 232 g/mol. The maximum atomic E-state index is 13.7. The molecule has 1 unspecified atom stereocenters. The van der Waals surface area contributed by atoms with Gasteiger partial charge in [0.15, 0.2) is 11.6 Å². The molecule has 2 aromatic heterocycles. The van der Waals surface area contributed by atoms with Crippen molar-refractivity contribution in [2.24, 2.45) is 0 Å². The van der Waals surface area contributed by atoms with Crippen molar-refractivity contribution in [3.8, 4) is 0 Å². The van der Waals surface area contributed by atoms with Crippen LogP contribution in [0.3, 0.4) is 0 Å². The van der Waals surface area contributed by atoms with Crippen LogP contribution in [-0.2, 0) is 0 Å². The zero-order chi connectivity index (χ0) is 12.3. The summed E-state index contributed by atoms with van der Waals surface area (Å²) in [6.07, 6.45) is 4.75. The minimum absolute atomic E-state index is 0.0400. The molecule has 1 N–H and O–H groups in total. The van der Waals surface area contributed by atoms with E-state index in [1.807, 2.05) is 19.1 Å². The number of pyridine rings is 1. The van der Waals surface area contributed by atoms with Crippen LogP contribution in [0.5, 0.6) is 0 Å². The van der Waals surface area contributed by atoms with Gasteiger partial charge in [0.1, 0.15) is 6.33 Å². The van der Waals surface area contributed by atoms with E-state index < -0.39 is 5.82 Å². The van der Waals surface area contributed by atoms with Crippen LogP contribution in [-0.4, -0.2) is 15.0 Å². The molecule has 0 amide bonds. The molecule has 0 saturated heterocycles. The van der Waals surface area contributed by atoms with Crippen molar-refractivity contribution >= 4 is 5.82 Å². The fraction of sp³-hybridized carbons (Fsp3) is 0.250. The van der Waals surface area contributed by atoms with Gasteiger partial charge in [0.2, 0.25) is 0 Å². The number of rotatable bonds is 3. The summed E-state index contributed by atoms with van der Waals surface area (Å²) in [5, 5.41) is 3.01. The first-order valence-corrected chi connectivity index (χ1v) is 5.32. The van der Waals surface area contributed by atoms with Crippen molar-refractivity contribution in [2.75, 3.05) is 5.32 Å². The van der Waals surface area contributed by atoms with E-state index in [4.69, 9.17) is 0 Å². The summed E-state index contributed by atoms with van der Waals surface area (Å²) >= 11 is 0. The van der Waals surface area contributed by atoms with Gasteiger partial charge >= 0.3 is 0 Å². The zero-order valence-corrected chi connectivity index (χ0v) is 9.68. The second-order valence-electron chi connectivity index (χ2n) is 3.77. The second kappa shape index (κ2) is 4.86. The number of aromatic nitrogens is 3. The third-order valence-electron chi connectivity index (χ3n) is 2.52. The molecule has 88 valence electrons. The average molecular weight is 232 g/mol. The van der Waals surface area contributed by atoms with Crippen molar-refractivity contribution < 1.29 is 4.39 Å². The van der Waals surface area contributed by atoms with E-state index in [1.54, 1.807) is 19.3 Å². The van der Waals surface area contributed by atoms with Gasteiger partial charge in [0.05, 0.1) is 11.7 Å². The van der Waals surface area contributed by atoms with Crippen molar-refractivity contribution in [1.82, 2.24) is 15.0 Å². The zero-order valence-electron chi connectivity index (χ0n) is 9.68. The first-order valence-electron chi connectivity index (χ1n) is 5.32. The smallest absolute Gasteiger partial charge is 0.186 e. The van der Waals surface area contributed by atoms with Crippen LogP contribution in [0.2, 0.25) is 0 Å². The molecule has 0 aliphatic carbocycles. The minimum atomic E-state index is -0.409. The number of aryl methyl sites for hydroxylation is 1. The summed E-state index contributed by atoms with van der Waals surface area (Å²) in [5.41, 5.74) is 1.36. The van der Waals surface area contributed by atoms with Gasteiger partial charge in [0.25, 0.3) is 0 Å². The lowest BCUT2D eigenvalue weighted by Gasteiger charge is -2.15. The Labute approximate surface area is 99.0 Å². The first kappa shape index (κ1) is 11.4. The van der Waals surface area contributed by atoms with Crippen molar-refractivity contribution in [3.63, 3.8) is 0 Å². The van der Waals surface area contributed by atoms with E-state index in [2.05, 4.69) is 20.3 Å². The normalized spacial score (nSPS) is 12.2. The molecule has 0 aliphatic heterocycles. The molecule has 4 nitrogen and oxygen atoms in total. The predicted octanol–water partition coefficient (Wildman–Crippen LogP) is 2.49. The molecule has 0 saturated carbocycles. The molecular formula is C12H13FN4. The number of anilines is 1.